The van der Waals surface area contributed by atoms with Crippen molar-refractivity contribution >= 4 is 35.5 Å². The van der Waals surface area contributed by atoms with E-state index in [0.717, 1.165) is 29.8 Å². The Hall–Kier alpha value is -1.54. The van der Waals surface area contributed by atoms with E-state index in [9.17, 15) is 4.79 Å². The van der Waals surface area contributed by atoms with Crippen molar-refractivity contribution in [1.29, 1.82) is 0 Å². The molecule has 3 rings (SSSR count). The topological polar surface area (TPSA) is 90.1 Å². The molecule has 0 aliphatic carbocycles. The average Bonchev–Trinajstić information content (AvgIpc) is 3.19. The summed E-state index contributed by atoms with van der Waals surface area (Å²) in [4.78, 5) is 12.1. The van der Waals surface area contributed by atoms with E-state index in [1.807, 2.05) is 29.6 Å². The van der Waals surface area contributed by atoms with Crippen molar-refractivity contribution in [2.75, 3.05) is 11.9 Å². The lowest BCUT2D eigenvalue weighted by Crippen LogP contribution is -2.29. The standard InChI is InChI=1S/C14H16N4O2S.ClH/c15-7-11-5-6-13(20-11)14(19)16-10-3-1-9(2-4-10)12-8-21-18-17-12;/h1-4,8,11,13H,5-7,15H2,(H,16,19);1H/t11-,13+;/m1./s1. The van der Waals surface area contributed by atoms with Crippen molar-refractivity contribution in [3.05, 3.63) is 29.6 Å². The summed E-state index contributed by atoms with van der Waals surface area (Å²) in [5.74, 6) is -0.117. The third-order valence-corrected chi connectivity index (χ3v) is 3.98. The normalized spacial score (nSPS) is 20.4. The highest BCUT2D eigenvalue weighted by Crippen LogP contribution is 2.22. The number of rotatable bonds is 4. The number of nitrogens with one attached hydrogen (secondary N) is 1. The minimum atomic E-state index is -0.402. The third kappa shape index (κ3) is 3.80. The Morgan fingerprint density at radius 2 is 2.14 bits per heavy atom. The molecule has 22 heavy (non-hydrogen) atoms. The lowest BCUT2D eigenvalue weighted by atomic mass is 10.1. The second-order valence-corrected chi connectivity index (χ2v) is 5.53. The lowest BCUT2D eigenvalue weighted by Gasteiger charge is -2.12. The predicted molar refractivity (Wildman–Crippen MR) is 88.2 cm³/mol. The monoisotopic (exact) mass is 340 g/mol. The SMILES string of the molecule is Cl.NC[C@H]1CC[C@@H](C(=O)Nc2ccc(-c3csnn3)cc2)O1. The minimum Gasteiger partial charge on any atom is -0.364 e. The molecule has 1 fully saturated rings. The minimum absolute atomic E-state index is 0. The molecule has 1 aliphatic rings. The molecule has 2 atom stereocenters. The second-order valence-electron chi connectivity index (χ2n) is 4.92. The molecule has 1 amide bonds. The molecule has 0 bridgehead atoms. The van der Waals surface area contributed by atoms with E-state index >= 15 is 0 Å². The first kappa shape index (κ1) is 16.8. The van der Waals surface area contributed by atoms with E-state index < -0.39 is 6.10 Å². The number of ether oxygens (including phenoxy) is 1. The maximum Gasteiger partial charge on any atom is 0.253 e. The summed E-state index contributed by atoms with van der Waals surface area (Å²) in [6.07, 6.45) is 1.15. The first-order chi connectivity index (χ1) is 10.3. The van der Waals surface area contributed by atoms with Gasteiger partial charge in [-0.1, -0.05) is 16.6 Å². The van der Waals surface area contributed by atoms with Crippen molar-refractivity contribution < 1.29 is 9.53 Å². The van der Waals surface area contributed by atoms with Crippen molar-refractivity contribution in [2.45, 2.75) is 25.0 Å². The van der Waals surface area contributed by atoms with Crippen LogP contribution < -0.4 is 11.1 Å². The van der Waals surface area contributed by atoms with Crippen LogP contribution in [-0.2, 0) is 9.53 Å². The lowest BCUT2D eigenvalue weighted by molar-refractivity contribution is -0.126. The number of anilines is 1. The Morgan fingerprint density at radius 1 is 1.36 bits per heavy atom. The average molecular weight is 341 g/mol. The molecule has 0 unspecified atom stereocenters. The molecule has 1 aromatic heterocycles. The highest BCUT2D eigenvalue weighted by atomic mass is 35.5. The van der Waals surface area contributed by atoms with Crippen LogP contribution in [0.5, 0.6) is 0 Å². The van der Waals surface area contributed by atoms with Gasteiger partial charge in [-0.2, -0.15) is 0 Å². The highest BCUT2D eigenvalue weighted by molar-refractivity contribution is 7.03. The number of carbonyl (C=O) groups is 1. The van der Waals surface area contributed by atoms with E-state index in [1.54, 1.807) is 0 Å². The highest BCUT2D eigenvalue weighted by Gasteiger charge is 2.29. The van der Waals surface area contributed by atoms with Crippen LogP contribution in [0.4, 0.5) is 5.69 Å². The van der Waals surface area contributed by atoms with Gasteiger partial charge in [0.15, 0.2) is 0 Å². The molecule has 0 radical (unpaired) electrons. The number of carbonyl (C=O) groups excluding carboxylic acids is 1. The largest absolute Gasteiger partial charge is 0.364 e. The summed E-state index contributed by atoms with van der Waals surface area (Å²) in [5.41, 5.74) is 8.10. The smallest absolute Gasteiger partial charge is 0.253 e. The number of amides is 1. The molecule has 3 N–H and O–H groups in total. The molecule has 1 aliphatic heterocycles. The van der Waals surface area contributed by atoms with Crippen molar-refractivity contribution in [3.8, 4) is 11.3 Å². The Bertz CT molecular complexity index is 606. The van der Waals surface area contributed by atoms with Crippen LogP contribution in [0.25, 0.3) is 11.3 Å². The fourth-order valence-corrected chi connectivity index (χ4v) is 2.77. The number of hydrogen-bond donors (Lipinski definition) is 2. The van der Waals surface area contributed by atoms with Crippen molar-refractivity contribution in [3.63, 3.8) is 0 Å². The van der Waals surface area contributed by atoms with Gasteiger partial charge in [0.05, 0.1) is 6.10 Å². The molecule has 1 saturated heterocycles. The molecule has 1 aromatic carbocycles. The number of aromatic nitrogens is 2. The van der Waals surface area contributed by atoms with Gasteiger partial charge in [-0.25, -0.2) is 0 Å². The number of nitrogens with zero attached hydrogens (tertiary/aromatic N) is 2. The fourth-order valence-electron chi connectivity index (χ4n) is 2.31. The van der Waals surface area contributed by atoms with Crippen LogP contribution in [0.2, 0.25) is 0 Å². The van der Waals surface area contributed by atoms with Crippen LogP contribution in [0.15, 0.2) is 29.6 Å². The van der Waals surface area contributed by atoms with Crippen molar-refractivity contribution in [2.24, 2.45) is 5.73 Å². The van der Waals surface area contributed by atoms with Gasteiger partial charge in [-0.05, 0) is 36.5 Å². The van der Waals surface area contributed by atoms with E-state index in [-0.39, 0.29) is 24.4 Å². The van der Waals surface area contributed by atoms with E-state index in [4.69, 9.17) is 10.5 Å². The molecule has 2 heterocycles. The number of hydrogen-bond acceptors (Lipinski definition) is 6. The van der Waals surface area contributed by atoms with Crippen LogP contribution in [0.1, 0.15) is 12.8 Å². The third-order valence-electron chi connectivity index (χ3n) is 3.47. The maximum atomic E-state index is 12.1. The number of nitrogens with two attached hydrogens (primary N) is 1. The summed E-state index contributed by atoms with van der Waals surface area (Å²) in [6, 6.07) is 7.51. The Kier molecular flexibility index (Phi) is 5.84. The van der Waals surface area contributed by atoms with Gasteiger partial charge in [-0.15, -0.1) is 17.5 Å². The summed E-state index contributed by atoms with van der Waals surface area (Å²) in [7, 11) is 0. The first-order valence-electron chi connectivity index (χ1n) is 6.80. The van der Waals surface area contributed by atoms with Gasteiger partial charge in [0, 0.05) is 23.2 Å². The molecular formula is C14H17ClN4O2S. The van der Waals surface area contributed by atoms with E-state index in [2.05, 4.69) is 14.9 Å². The molecule has 8 heteroatoms. The molecular weight excluding hydrogens is 324 g/mol. The summed E-state index contributed by atoms with van der Waals surface area (Å²) < 4.78 is 9.41. The molecule has 0 spiro atoms. The first-order valence-corrected chi connectivity index (χ1v) is 7.64. The number of benzene rings is 1. The van der Waals surface area contributed by atoms with E-state index in [0.29, 0.717) is 6.54 Å². The number of halogens is 1. The van der Waals surface area contributed by atoms with Crippen LogP contribution >= 0.6 is 23.9 Å². The summed E-state index contributed by atoms with van der Waals surface area (Å²) in [6.45, 7) is 0.458. The van der Waals surface area contributed by atoms with Crippen molar-refractivity contribution in [1.82, 2.24) is 9.59 Å². The van der Waals surface area contributed by atoms with Crippen LogP contribution in [0, 0.1) is 0 Å². The molecule has 118 valence electrons. The zero-order chi connectivity index (χ0) is 14.7. The summed E-state index contributed by atoms with van der Waals surface area (Å²) >= 11 is 1.31. The fraction of sp³-hybridized carbons (Fsp3) is 0.357. The zero-order valence-electron chi connectivity index (χ0n) is 11.8. The Labute approximate surface area is 138 Å². The van der Waals surface area contributed by atoms with Gasteiger partial charge >= 0.3 is 0 Å². The van der Waals surface area contributed by atoms with E-state index in [1.165, 1.54) is 11.5 Å². The van der Waals surface area contributed by atoms with Crippen LogP contribution in [-0.4, -0.2) is 34.2 Å². The molecule has 6 nitrogen and oxygen atoms in total. The predicted octanol–water partition coefficient (Wildman–Crippen LogP) is 2.07. The van der Waals surface area contributed by atoms with Gasteiger partial charge in [0.2, 0.25) is 0 Å². The molecule has 2 aromatic rings. The Morgan fingerprint density at radius 3 is 2.73 bits per heavy atom. The second kappa shape index (κ2) is 7.64. The molecule has 0 saturated carbocycles. The van der Waals surface area contributed by atoms with Gasteiger partial charge < -0.3 is 15.8 Å². The van der Waals surface area contributed by atoms with Crippen LogP contribution in [0.3, 0.4) is 0 Å². The maximum absolute atomic E-state index is 12.1. The quantitative estimate of drug-likeness (QED) is 0.889. The summed E-state index contributed by atoms with van der Waals surface area (Å²) in [5, 5.41) is 8.75. The Balaban J connectivity index is 0.00000176. The van der Waals surface area contributed by atoms with Gasteiger partial charge in [0.25, 0.3) is 5.91 Å². The zero-order valence-corrected chi connectivity index (χ0v) is 13.4. The van der Waals surface area contributed by atoms with Gasteiger partial charge in [0.1, 0.15) is 11.8 Å². The van der Waals surface area contributed by atoms with Gasteiger partial charge in [-0.3, -0.25) is 4.79 Å².